The highest BCUT2D eigenvalue weighted by Crippen LogP contribution is 2.20. The summed E-state index contributed by atoms with van der Waals surface area (Å²) >= 11 is 0. The van der Waals surface area contributed by atoms with Crippen molar-refractivity contribution in [3.8, 4) is 17.1 Å². The maximum atomic E-state index is 12.2. The number of ether oxygens (including phenoxy) is 1. The molecular weight excluding hydrogens is 398 g/mol. The number of piperazine rings is 1. The Morgan fingerprint density at radius 2 is 1.74 bits per heavy atom. The van der Waals surface area contributed by atoms with Crippen molar-refractivity contribution in [2.45, 2.75) is 13.2 Å². The fourth-order valence-corrected chi connectivity index (χ4v) is 3.80. The summed E-state index contributed by atoms with van der Waals surface area (Å²) in [5, 5.41) is 4.10. The first-order valence-corrected chi connectivity index (χ1v) is 10.2. The van der Waals surface area contributed by atoms with Gasteiger partial charge < -0.3 is 13.7 Å². The van der Waals surface area contributed by atoms with Gasteiger partial charge in [-0.2, -0.15) is 4.98 Å². The van der Waals surface area contributed by atoms with Gasteiger partial charge in [-0.25, -0.2) is 4.79 Å². The summed E-state index contributed by atoms with van der Waals surface area (Å²) in [6, 6.07) is 15.1. The van der Waals surface area contributed by atoms with E-state index in [2.05, 4.69) is 19.9 Å². The van der Waals surface area contributed by atoms with Crippen LogP contribution in [0.3, 0.4) is 0 Å². The van der Waals surface area contributed by atoms with Crippen LogP contribution in [0.5, 0.6) is 5.75 Å². The monoisotopic (exact) mass is 421 g/mol. The number of oxazole rings is 1. The van der Waals surface area contributed by atoms with Crippen molar-refractivity contribution in [1.82, 2.24) is 24.5 Å². The summed E-state index contributed by atoms with van der Waals surface area (Å²) < 4.78 is 17.6. The van der Waals surface area contributed by atoms with Crippen LogP contribution in [-0.4, -0.2) is 57.8 Å². The van der Waals surface area contributed by atoms with E-state index in [9.17, 15) is 4.79 Å². The summed E-state index contributed by atoms with van der Waals surface area (Å²) in [6.45, 7) is 4.50. The van der Waals surface area contributed by atoms with E-state index in [1.54, 1.807) is 11.7 Å². The highest BCUT2D eigenvalue weighted by atomic mass is 16.5. The number of hydrogen-bond acceptors (Lipinski definition) is 8. The molecule has 0 atom stereocenters. The minimum absolute atomic E-state index is 0.319. The van der Waals surface area contributed by atoms with Crippen LogP contribution in [0, 0.1) is 0 Å². The van der Waals surface area contributed by atoms with Crippen molar-refractivity contribution in [3.63, 3.8) is 0 Å². The van der Waals surface area contributed by atoms with E-state index in [1.807, 2.05) is 48.5 Å². The summed E-state index contributed by atoms with van der Waals surface area (Å²) in [6.07, 6.45) is 0. The zero-order valence-corrected chi connectivity index (χ0v) is 17.2. The molecule has 0 saturated carbocycles. The third-order valence-electron chi connectivity index (χ3n) is 5.56. The number of nitrogens with zero attached hydrogens (tertiary/aromatic N) is 5. The zero-order valence-electron chi connectivity index (χ0n) is 17.2. The van der Waals surface area contributed by atoms with Gasteiger partial charge in [0.1, 0.15) is 5.75 Å². The van der Waals surface area contributed by atoms with E-state index in [0.717, 1.165) is 43.0 Å². The Labute approximate surface area is 178 Å². The minimum Gasteiger partial charge on any atom is -0.497 e. The Bertz CT molecular complexity index is 1220. The van der Waals surface area contributed by atoms with Gasteiger partial charge in [0.05, 0.1) is 25.8 Å². The molecule has 9 heteroatoms. The van der Waals surface area contributed by atoms with E-state index in [1.165, 1.54) is 0 Å². The van der Waals surface area contributed by atoms with Gasteiger partial charge in [-0.1, -0.05) is 17.3 Å². The Kier molecular flexibility index (Phi) is 5.27. The van der Waals surface area contributed by atoms with E-state index >= 15 is 0 Å². The number of benzene rings is 2. The molecule has 0 unspecified atom stereocenters. The first kappa shape index (κ1) is 19.5. The second-order valence-corrected chi connectivity index (χ2v) is 7.54. The summed E-state index contributed by atoms with van der Waals surface area (Å²) in [5.41, 5.74) is 2.33. The number of rotatable bonds is 6. The predicted octanol–water partition coefficient (Wildman–Crippen LogP) is 2.43. The molecule has 1 aliphatic heterocycles. The molecule has 0 amide bonds. The Hall–Kier alpha value is -3.43. The lowest BCUT2D eigenvalue weighted by Crippen LogP contribution is -2.47. The van der Waals surface area contributed by atoms with Crippen LogP contribution in [-0.2, 0) is 13.2 Å². The van der Waals surface area contributed by atoms with Crippen LogP contribution < -0.4 is 10.5 Å². The molecule has 0 aliphatic carbocycles. The largest absolute Gasteiger partial charge is 0.497 e. The molecule has 0 spiro atoms. The number of fused-ring (bicyclic) bond motifs is 1. The van der Waals surface area contributed by atoms with Crippen molar-refractivity contribution in [2.75, 3.05) is 33.3 Å². The third-order valence-corrected chi connectivity index (χ3v) is 5.56. The van der Waals surface area contributed by atoms with Crippen LogP contribution in [0.4, 0.5) is 0 Å². The van der Waals surface area contributed by atoms with Crippen LogP contribution in [0.15, 0.2) is 62.3 Å². The first-order chi connectivity index (χ1) is 15.2. The third kappa shape index (κ3) is 4.10. The highest BCUT2D eigenvalue weighted by molar-refractivity contribution is 5.72. The standard InChI is InChI=1S/C22H23N5O4/c1-29-17-8-6-16(7-9-17)21-23-20(31-24-21)14-25-10-12-26(13-11-25)15-27-18-4-2-3-5-19(18)30-22(27)28/h2-9H,10-15H2,1H3. The van der Waals surface area contributed by atoms with Crippen LogP contribution in [0.1, 0.15) is 5.89 Å². The molecular formula is C22H23N5O4. The fraction of sp³-hybridized carbons (Fsp3) is 0.318. The molecule has 3 heterocycles. The van der Waals surface area contributed by atoms with Gasteiger partial charge in [-0.15, -0.1) is 0 Å². The molecule has 31 heavy (non-hydrogen) atoms. The second kappa shape index (κ2) is 8.37. The van der Waals surface area contributed by atoms with Gasteiger partial charge in [0.25, 0.3) is 0 Å². The van der Waals surface area contributed by atoms with Gasteiger partial charge in [-0.05, 0) is 36.4 Å². The lowest BCUT2D eigenvalue weighted by molar-refractivity contribution is 0.0942. The topological polar surface area (TPSA) is 89.8 Å². The first-order valence-electron chi connectivity index (χ1n) is 10.2. The molecule has 4 aromatic rings. The lowest BCUT2D eigenvalue weighted by atomic mass is 10.2. The van der Waals surface area contributed by atoms with E-state index in [4.69, 9.17) is 13.7 Å². The smallest absolute Gasteiger partial charge is 0.421 e. The number of para-hydroxylation sites is 2. The summed E-state index contributed by atoms with van der Waals surface area (Å²) in [4.78, 5) is 21.2. The SMILES string of the molecule is COc1ccc(-c2noc(CN3CCN(Cn4c(=O)oc5ccccc54)CC3)n2)cc1. The molecule has 5 rings (SSSR count). The normalized spacial score (nSPS) is 15.5. The Morgan fingerprint density at radius 1 is 1.00 bits per heavy atom. The Morgan fingerprint density at radius 3 is 2.52 bits per heavy atom. The molecule has 1 fully saturated rings. The number of aromatic nitrogens is 3. The number of methoxy groups -OCH3 is 1. The highest BCUT2D eigenvalue weighted by Gasteiger charge is 2.21. The van der Waals surface area contributed by atoms with Crippen molar-refractivity contribution >= 4 is 11.1 Å². The molecule has 2 aromatic heterocycles. The van der Waals surface area contributed by atoms with Crippen LogP contribution in [0.2, 0.25) is 0 Å². The molecule has 2 aromatic carbocycles. The maximum Gasteiger partial charge on any atom is 0.421 e. The quantitative estimate of drug-likeness (QED) is 0.469. The van der Waals surface area contributed by atoms with Gasteiger partial charge in [0.15, 0.2) is 5.58 Å². The van der Waals surface area contributed by atoms with Gasteiger partial charge in [0, 0.05) is 31.7 Å². The van der Waals surface area contributed by atoms with Crippen LogP contribution in [0.25, 0.3) is 22.5 Å². The molecule has 1 aliphatic rings. The second-order valence-electron chi connectivity index (χ2n) is 7.54. The van der Waals surface area contributed by atoms with Crippen molar-refractivity contribution in [1.29, 1.82) is 0 Å². The molecule has 0 bridgehead atoms. The predicted molar refractivity (Wildman–Crippen MR) is 114 cm³/mol. The van der Waals surface area contributed by atoms with Gasteiger partial charge in [0.2, 0.25) is 11.7 Å². The fourth-order valence-electron chi connectivity index (χ4n) is 3.80. The maximum absolute atomic E-state index is 12.2. The minimum atomic E-state index is -0.319. The van der Waals surface area contributed by atoms with E-state index < -0.39 is 0 Å². The average Bonchev–Trinajstić information content (AvgIpc) is 3.39. The van der Waals surface area contributed by atoms with Gasteiger partial charge >= 0.3 is 5.76 Å². The Balaban J connectivity index is 1.18. The van der Waals surface area contributed by atoms with Crippen molar-refractivity contribution < 1.29 is 13.7 Å². The zero-order chi connectivity index (χ0) is 21.2. The average molecular weight is 421 g/mol. The van der Waals surface area contributed by atoms with Gasteiger partial charge in [-0.3, -0.25) is 14.4 Å². The lowest BCUT2D eigenvalue weighted by Gasteiger charge is -2.33. The molecule has 1 saturated heterocycles. The number of hydrogen-bond donors (Lipinski definition) is 0. The van der Waals surface area contributed by atoms with Crippen molar-refractivity contribution in [2.24, 2.45) is 0 Å². The molecule has 9 nitrogen and oxygen atoms in total. The molecule has 0 radical (unpaired) electrons. The summed E-state index contributed by atoms with van der Waals surface area (Å²) in [7, 11) is 1.64. The summed E-state index contributed by atoms with van der Waals surface area (Å²) in [5.74, 6) is 1.63. The van der Waals surface area contributed by atoms with E-state index in [-0.39, 0.29) is 5.76 Å². The molecule has 160 valence electrons. The van der Waals surface area contributed by atoms with Crippen LogP contribution >= 0.6 is 0 Å². The molecule has 0 N–H and O–H groups in total. The van der Waals surface area contributed by atoms with Crippen molar-refractivity contribution in [3.05, 3.63) is 65.0 Å². The van der Waals surface area contributed by atoms with E-state index in [0.29, 0.717) is 30.5 Å².